The summed E-state index contributed by atoms with van der Waals surface area (Å²) < 4.78 is 8.09. The second kappa shape index (κ2) is 6.90. The molecule has 4 heteroatoms. The van der Waals surface area contributed by atoms with Crippen LogP contribution in [0.3, 0.4) is 0 Å². The SMILES string of the molecule is CCOC(CC)(CC)C(N)Cc1nccn1CC. The van der Waals surface area contributed by atoms with Crippen LogP contribution in [-0.4, -0.2) is 27.8 Å². The van der Waals surface area contributed by atoms with Crippen LogP contribution in [0.1, 0.15) is 46.4 Å². The van der Waals surface area contributed by atoms with Gasteiger partial charge in [-0.3, -0.25) is 0 Å². The molecule has 0 aliphatic rings. The molecule has 4 nitrogen and oxygen atoms in total. The number of nitrogens with zero attached hydrogens (tertiary/aromatic N) is 2. The molecular formula is C14H27N3O. The smallest absolute Gasteiger partial charge is 0.110 e. The van der Waals surface area contributed by atoms with E-state index in [2.05, 4.69) is 30.3 Å². The minimum Gasteiger partial charge on any atom is -0.374 e. The molecule has 1 rings (SSSR count). The lowest BCUT2D eigenvalue weighted by atomic mass is 9.86. The number of imidazole rings is 1. The Morgan fingerprint density at radius 3 is 2.50 bits per heavy atom. The van der Waals surface area contributed by atoms with E-state index in [-0.39, 0.29) is 11.6 Å². The lowest BCUT2D eigenvalue weighted by Crippen LogP contribution is -2.51. The highest BCUT2D eigenvalue weighted by Gasteiger charge is 2.34. The molecule has 0 amide bonds. The number of rotatable bonds is 8. The largest absolute Gasteiger partial charge is 0.374 e. The van der Waals surface area contributed by atoms with E-state index in [4.69, 9.17) is 10.5 Å². The van der Waals surface area contributed by atoms with Crippen molar-refractivity contribution >= 4 is 0 Å². The number of hydrogen-bond acceptors (Lipinski definition) is 3. The Morgan fingerprint density at radius 1 is 1.33 bits per heavy atom. The average Bonchev–Trinajstić information content (AvgIpc) is 2.83. The van der Waals surface area contributed by atoms with E-state index in [0.29, 0.717) is 6.61 Å². The quantitative estimate of drug-likeness (QED) is 0.774. The summed E-state index contributed by atoms with van der Waals surface area (Å²) in [7, 11) is 0. The first-order valence-corrected chi connectivity index (χ1v) is 7.03. The Kier molecular flexibility index (Phi) is 5.82. The standard InChI is InChI=1S/C14H27N3O/c1-5-14(6-2,18-8-4)12(15)11-13-16-9-10-17(13)7-3/h9-10,12H,5-8,11,15H2,1-4H3. The predicted octanol–water partition coefficient (Wildman–Crippen LogP) is 2.37. The summed E-state index contributed by atoms with van der Waals surface area (Å²) >= 11 is 0. The van der Waals surface area contributed by atoms with E-state index in [0.717, 1.165) is 31.6 Å². The van der Waals surface area contributed by atoms with Gasteiger partial charge in [-0.15, -0.1) is 0 Å². The lowest BCUT2D eigenvalue weighted by Gasteiger charge is -2.37. The zero-order valence-electron chi connectivity index (χ0n) is 12.1. The maximum Gasteiger partial charge on any atom is 0.110 e. The van der Waals surface area contributed by atoms with Crippen LogP contribution >= 0.6 is 0 Å². The molecule has 1 aromatic heterocycles. The Balaban J connectivity index is 2.81. The summed E-state index contributed by atoms with van der Waals surface area (Å²) in [5.41, 5.74) is 6.17. The third-order valence-electron chi connectivity index (χ3n) is 3.85. The molecule has 2 N–H and O–H groups in total. The van der Waals surface area contributed by atoms with Crippen molar-refractivity contribution in [2.75, 3.05) is 6.61 Å². The van der Waals surface area contributed by atoms with Crippen LogP contribution in [0.2, 0.25) is 0 Å². The Bertz CT molecular complexity index is 345. The maximum absolute atomic E-state index is 6.40. The van der Waals surface area contributed by atoms with Crippen molar-refractivity contribution in [1.29, 1.82) is 0 Å². The molecule has 0 saturated carbocycles. The molecule has 0 radical (unpaired) electrons. The highest BCUT2D eigenvalue weighted by Crippen LogP contribution is 2.25. The third-order valence-corrected chi connectivity index (χ3v) is 3.85. The average molecular weight is 253 g/mol. The van der Waals surface area contributed by atoms with Gasteiger partial charge in [-0.1, -0.05) is 13.8 Å². The first-order valence-electron chi connectivity index (χ1n) is 7.03. The van der Waals surface area contributed by atoms with Crippen LogP contribution < -0.4 is 5.73 Å². The van der Waals surface area contributed by atoms with Crippen LogP contribution in [0.15, 0.2) is 12.4 Å². The van der Waals surface area contributed by atoms with Crippen molar-refractivity contribution in [3.05, 3.63) is 18.2 Å². The highest BCUT2D eigenvalue weighted by molar-refractivity contribution is 5.00. The van der Waals surface area contributed by atoms with Crippen molar-refractivity contribution in [1.82, 2.24) is 9.55 Å². The van der Waals surface area contributed by atoms with E-state index in [9.17, 15) is 0 Å². The minimum absolute atomic E-state index is 0.0138. The monoisotopic (exact) mass is 253 g/mol. The number of ether oxygens (including phenoxy) is 1. The van der Waals surface area contributed by atoms with Gasteiger partial charge in [0.2, 0.25) is 0 Å². The summed E-state index contributed by atoms with van der Waals surface area (Å²) in [4.78, 5) is 4.40. The fourth-order valence-corrected chi connectivity index (χ4v) is 2.57. The van der Waals surface area contributed by atoms with Gasteiger partial charge >= 0.3 is 0 Å². The van der Waals surface area contributed by atoms with Crippen molar-refractivity contribution in [3.8, 4) is 0 Å². The normalized spacial score (nSPS) is 13.8. The van der Waals surface area contributed by atoms with Crippen LogP contribution in [-0.2, 0) is 17.7 Å². The summed E-state index contributed by atoms with van der Waals surface area (Å²) in [5, 5.41) is 0. The maximum atomic E-state index is 6.40. The third kappa shape index (κ3) is 3.12. The van der Waals surface area contributed by atoms with Gasteiger partial charge in [0, 0.05) is 38.0 Å². The van der Waals surface area contributed by atoms with E-state index in [1.54, 1.807) is 0 Å². The Morgan fingerprint density at radius 2 is 2.00 bits per heavy atom. The Labute approximate surface area is 111 Å². The molecule has 18 heavy (non-hydrogen) atoms. The van der Waals surface area contributed by atoms with Gasteiger partial charge in [0.25, 0.3) is 0 Å². The number of aromatic nitrogens is 2. The van der Waals surface area contributed by atoms with E-state index < -0.39 is 0 Å². The van der Waals surface area contributed by atoms with E-state index >= 15 is 0 Å². The topological polar surface area (TPSA) is 53.1 Å². The van der Waals surface area contributed by atoms with Crippen LogP contribution in [0.5, 0.6) is 0 Å². The molecule has 0 spiro atoms. The number of aryl methyl sites for hydroxylation is 1. The van der Waals surface area contributed by atoms with Crippen LogP contribution in [0.25, 0.3) is 0 Å². The van der Waals surface area contributed by atoms with Crippen molar-refractivity contribution in [3.63, 3.8) is 0 Å². The van der Waals surface area contributed by atoms with Crippen LogP contribution in [0.4, 0.5) is 0 Å². The molecule has 1 aromatic rings. The molecule has 104 valence electrons. The van der Waals surface area contributed by atoms with Gasteiger partial charge < -0.3 is 15.0 Å². The molecule has 1 unspecified atom stereocenters. The molecule has 0 fully saturated rings. The molecule has 0 aromatic carbocycles. The van der Waals surface area contributed by atoms with Crippen molar-refractivity contribution in [2.45, 2.75) is 65.1 Å². The highest BCUT2D eigenvalue weighted by atomic mass is 16.5. The van der Waals surface area contributed by atoms with E-state index in [1.165, 1.54) is 0 Å². The van der Waals surface area contributed by atoms with Gasteiger partial charge in [0.15, 0.2) is 0 Å². The van der Waals surface area contributed by atoms with Gasteiger partial charge in [-0.25, -0.2) is 4.98 Å². The van der Waals surface area contributed by atoms with Gasteiger partial charge in [-0.05, 0) is 26.7 Å². The Hall–Kier alpha value is -0.870. The van der Waals surface area contributed by atoms with Crippen molar-refractivity contribution < 1.29 is 4.74 Å². The summed E-state index contributed by atoms with van der Waals surface area (Å²) in [5.74, 6) is 1.05. The molecular weight excluding hydrogens is 226 g/mol. The lowest BCUT2D eigenvalue weighted by molar-refractivity contribution is -0.0638. The molecule has 1 heterocycles. The van der Waals surface area contributed by atoms with Gasteiger partial charge in [0.1, 0.15) is 5.82 Å². The molecule has 0 saturated heterocycles. The zero-order chi connectivity index (χ0) is 13.6. The summed E-state index contributed by atoms with van der Waals surface area (Å²) in [6, 6.07) is -0.0138. The fourth-order valence-electron chi connectivity index (χ4n) is 2.57. The molecule has 0 bridgehead atoms. The number of hydrogen-bond donors (Lipinski definition) is 1. The van der Waals surface area contributed by atoms with Crippen molar-refractivity contribution in [2.24, 2.45) is 5.73 Å². The van der Waals surface area contributed by atoms with Crippen LogP contribution in [0, 0.1) is 0 Å². The van der Waals surface area contributed by atoms with E-state index in [1.807, 2.05) is 19.3 Å². The molecule has 0 aliphatic heterocycles. The van der Waals surface area contributed by atoms with Gasteiger partial charge in [-0.2, -0.15) is 0 Å². The number of nitrogens with two attached hydrogens (primary N) is 1. The fraction of sp³-hybridized carbons (Fsp3) is 0.786. The molecule has 0 aliphatic carbocycles. The first kappa shape index (κ1) is 15.2. The van der Waals surface area contributed by atoms with Gasteiger partial charge in [0.05, 0.1) is 5.60 Å². The minimum atomic E-state index is -0.223. The summed E-state index contributed by atoms with van der Waals surface area (Å²) in [6.45, 7) is 10.1. The zero-order valence-corrected chi connectivity index (χ0v) is 12.1. The second-order valence-corrected chi connectivity index (χ2v) is 4.64. The first-order chi connectivity index (χ1) is 8.63. The predicted molar refractivity (Wildman–Crippen MR) is 74.5 cm³/mol. The summed E-state index contributed by atoms with van der Waals surface area (Å²) in [6.07, 6.45) is 6.48. The molecule has 1 atom stereocenters. The second-order valence-electron chi connectivity index (χ2n) is 4.64.